The number of benzene rings is 2. The maximum atomic E-state index is 12.9. The van der Waals surface area contributed by atoms with Crippen molar-refractivity contribution in [3.8, 4) is 35.2 Å². The lowest BCUT2D eigenvalue weighted by Gasteiger charge is -2.10. The predicted molar refractivity (Wildman–Crippen MR) is 220 cm³/mol. The molecule has 2 aromatic carbocycles. The molecule has 54 heavy (non-hydrogen) atoms. The van der Waals surface area contributed by atoms with Crippen molar-refractivity contribution in [2.75, 3.05) is 39.5 Å². The van der Waals surface area contributed by atoms with Gasteiger partial charge in [0.1, 0.15) is 24.7 Å². The first kappa shape index (κ1) is 46.2. The standard InChI is InChI=1S/C46H68N2O6/c1-3-5-7-9-11-13-15-17-19-23-31-47-45(51)41-27-29-43(53-35-33-49)39(37-41)25-21-22-26-40-38-42(28-30-44(40)54-36-34-50)46(52)48-32-24-20-18-16-14-12-10-8-6-4-2/h27-30,37-38,49-50H,3-20,23-24,31-36H2,1-2H3,(H,47,51)(H,48,52). The van der Waals surface area contributed by atoms with Crippen molar-refractivity contribution in [3.05, 3.63) is 58.7 Å². The van der Waals surface area contributed by atoms with Gasteiger partial charge < -0.3 is 30.3 Å². The average Bonchev–Trinajstić information content (AvgIpc) is 3.19. The Morgan fingerprint density at radius 3 is 1.19 bits per heavy atom. The Kier molecular flexibility index (Phi) is 26.8. The molecular weight excluding hydrogens is 677 g/mol. The van der Waals surface area contributed by atoms with E-state index in [-0.39, 0.29) is 38.2 Å². The molecule has 0 saturated carbocycles. The molecule has 2 aromatic rings. The molecule has 2 amide bonds. The van der Waals surface area contributed by atoms with Crippen LogP contribution in [0.15, 0.2) is 36.4 Å². The van der Waals surface area contributed by atoms with E-state index in [1.165, 1.54) is 103 Å². The first-order valence-corrected chi connectivity index (χ1v) is 20.9. The molecule has 0 atom stereocenters. The molecule has 0 aliphatic rings. The first-order valence-electron chi connectivity index (χ1n) is 20.9. The second kappa shape index (κ2) is 31.4. The van der Waals surface area contributed by atoms with Crippen LogP contribution in [0.4, 0.5) is 0 Å². The molecule has 2 rings (SSSR count). The lowest BCUT2D eigenvalue weighted by molar-refractivity contribution is 0.0944. The lowest BCUT2D eigenvalue weighted by atomic mass is 10.1. The molecule has 298 valence electrons. The molecular formula is C46H68N2O6. The highest BCUT2D eigenvalue weighted by atomic mass is 16.5. The van der Waals surface area contributed by atoms with Crippen molar-refractivity contribution in [1.29, 1.82) is 0 Å². The van der Waals surface area contributed by atoms with Crippen molar-refractivity contribution < 1.29 is 29.3 Å². The molecule has 0 aliphatic carbocycles. The Balaban J connectivity index is 1.98. The van der Waals surface area contributed by atoms with Gasteiger partial charge in [0.25, 0.3) is 11.8 Å². The minimum Gasteiger partial charge on any atom is -0.490 e. The fourth-order valence-corrected chi connectivity index (χ4v) is 6.13. The van der Waals surface area contributed by atoms with Gasteiger partial charge in [-0.25, -0.2) is 0 Å². The summed E-state index contributed by atoms with van der Waals surface area (Å²) in [5.74, 6) is 12.2. The number of aliphatic hydroxyl groups excluding tert-OH is 2. The van der Waals surface area contributed by atoms with Crippen LogP contribution in [0.5, 0.6) is 11.5 Å². The molecule has 0 heterocycles. The van der Waals surface area contributed by atoms with Gasteiger partial charge in [-0.15, -0.1) is 0 Å². The molecule has 8 nitrogen and oxygen atoms in total. The normalized spacial score (nSPS) is 10.5. The summed E-state index contributed by atoms with van der Waals surface area (Å²) >= 11 is 0. The zero-order valence-corrected chi connectivity index (χ0v) is 33.4. The highest BCUT2D eigenvalue weighted by Gasteiger charge is 2.11. The number of aliphatic hydroxyl groups is 2. The SMILES string of the molecule is CCCCCCCCCCCCNC(=O)c1ccc(OCCO)c(C#CC#Cc2cc(C(=O)NCCCCCCCCCCCC)ccc2OCCO)c1. The van der Waals surface area contributed by atoms with Crippen LogP contribution < -0.4 is 20.1 Å². The number of hydrogen-bond acceptors (Lipinski definition) is 6. The number of hydrogen-bond donors (Lipinski definition) is 4. The van der Waals surface area contributed by atoms with Gasteiger partial charge in [0, 0.05) is 24.2 Å². The third-order valence-corrected chi connectivity index (χ3v) is 9.27. The Morgan fingerprint density at radius 1 is 0.519 bits per heavy atom. The summed E-state index contributed by atoms with van der Waals surface area (Å²) in [6.07, 6.45) is 24.7. The van der Waals surface area contributed by atoms with E-state index in [1.54, 1.807) is 36.4 Å². The average molecular weight is 745 g/mol. The van der Waals surface area contributed by atoms with Crippen LogP contribution in [0.3, 0.4) is 0 Å². The van der Waals surface area contributed by atoms with Crippen LogP contribution in [0.2, 0.25) is 0 Å². The summed E-state index contributed by atoms with van der Waals surface area (Å²) in [4.78, 5) is 25.9. The van der Waals surface area contributed by atoms with E-state index < -0.39 is 0 Å². The number of ether oxygens (including phenoxy) is 2. The van der Waals surface area contributed by atoms with Crippen molar-refractivity contribution in [1.82, 2.24) is 10.6 Å². The van der Waals surface area contributed by atoms with Crippen molar-refractivity contribution >= 4 is 11.8 Å². The van der Waals surface area contributed by atoms with Crippen molar-refractivity contribution in [2.24, 2.45) is 0 Å². The number of unbranched alkanes of at least 4 members (excludes halogenated alkanes) is 18. The van der Waals surface area contributed by atoms with Gasteiger partial charge in [0.05, 0.1) is 24.3 Å². The van der Waals surface area contributed by atoms with Gasteiger partial charge in [-0.05, 0) is 72.9 Å². The largest absolute Gasteiger partial charge is 0.490 e. The topological polar surface area (TPSA) is 117 Å². The van der Waals surface area contributed by atoms with Gasteiger partial charge in [-0.2, -0.15) is 0 Å². The number of amides is 2. The monoisotopic (exact) mass is 745 g/mol. The van der Waals surface area contributed by atoms with E-state index in [1.807, 2.05) is 0 Å². The fraction of sp³-hybridized carbons (Fsp3) is 0.609. The second-order valence-electron chi connectivity index (χ2n) is 13.9. The maximum Gasteiger partial charge on any atom is 0.251 e. The molecule has 0 spiro atoms. The van der Waals surface area contributed by atoms with Gasteiger partial charge in [0.2, 0.25) is 0 Å². The van der Waals surface area contributed by atoms with Crippen LogP contribution >= 0.6 is 0 Å². The first-order chi connectivity index (χ1) is 26.5. The number of nitrogens with one attached hydrogen (secondary N) is 2. The highest BCUT2D eigenvalue weighted by Crippen LogP contribution is 2.21. The van der Waals surface area contributed by atoms with Gasteiger partial charge in [-0.1, -0.05) is 129 Å². The van der Waals surface area contributed by atoms with Crippen LogP contribution in [-0.2, 0) is 0 Å². The van der Waals surface area contributed by atoms with E-state index >= 15 is 0 Å². The van der Waals surface area contributed by atoms with Gasteiger partial charge >= 0.3 is 0 Å². The van der Waals surface area contributed by atoms with Crippen LogP contribution in [0, 0.1) is 23.7 Å². The van der Waals surface area contributed by atoms with Crippen LogP contribution in [0.25, 0.3) is 0 Å². The molecule has 0 bridgehead atoms. The van der Waals surface area contributed by atoms with E-state index in [0.29, 0.717) is 46.8 Å². The number of carbonyl (C=O) groups is 2. The van der Waals surface area contributed by atoms with Gasteiger partial charge in [0.15, 0.2) is 0 Å². The second-order valence-corrected chi connectivity index (χ2v) is 13.9. The molecule has 0 aromatic heterocycles. The molecule has 8 heteroatoms. The summed E-state index contributed by atoms with van der Waals surface area (Å²) in [7, 11) is 0. The number of rotatable bonds is 30. The molecule has 0 aliphatic heterocycles. The van der Waals surface area contributed by atoms with Crippen molar-refractivity contribution in [3.63, 3.8) is 0 Å². The molecule has 0 fully saturated rings. The maximum absolute atomic E-state index is 12.9. The quantitative estimate of drug-likeness (QED) is 0.0469. The van der Waals surface area contributed by atoms with Crippen molar-refractivity contribution in [2.45, 2.75) is 142 Å². The molecule has 0 saturated heterocycles. The highest BCUT2D eigenvalue weighted by molar-refractivity contribution is 5.95. The van der Waals surface area contributed by atoms with Crippen LogP contribution in [0.1, 0.15) is 174 Å². The predicted octanol–water partition coefficient (Wildman–Crippen LogP) is 9.13. The minimum absolute atomic E-state index is 0.0875. The Morgan fingerprint density at radius 2 is 0.852 bits per heavy atom. The molecule has 0 radical (unpaired) electrons. The zero-order valence-electron chi connectivity index (χ0n) is 33.4. The Hall–Kier alpha value is -3.98. The summed E-state index contributed by atoms with van der Waals surface area (Å²) in [6.45, 7) is 5.56. The fourth-order valence-electron chi connectivity index (χ4n) is 6.13. The summed E-state index contributed by atoms with van der Waals surface area (Å²) in [5.41, 5.74) is 1.88. The minimum atomic E-state index is -0.178. The third kappa shape index (κ3) is 21.0. The van der Waals surface area contributed by atoms with E-state index in [2.05, 4.69) is 48.2 Å². The Labute approximate surface area is 326 Å². The molecule has 0 unspecified atom stereocenters. The van der Waals surface area contributed by atoms with E-state index in [9.17, 15) is 19.8 Å². The third-order valence-electron chi connectivity index (χ3n) is 9.27. The summed E-state index contributed by atoms with van der Waals surface area (Å²) < 4.78 is 11.3. The lowest BCUT2D eigenvalue weighted by Crippen LogP contribution is -2.24. The van der Waals surface area contributed by atoms with E-state index in [0.717, 1.165) is 25.7 Å². The summed E-state index contributed by atoms with van der Waals surface area (Å²) in [5, 5.41) is 24.6. The number of carbonyl (C=O) groups excluding carboxylic acids is 2. The van der Waals surface area contributed by atoms with Crippen LogP contribution in [-0.4, -0.2) is 61.5 Å². The smallest absolute Gasteiger partial charge is 0.251 e. The van der Waals surface area contributed by atoms with Gasteiger partial charge in [-0.3, -0.25) is 9.59 Å². The summed E-state index contributed by atoms with van der Waals surface area (Å²) in [6, 6.07) is 10.1. The zero-order chi connectivity index (χ0) is 38.9. The Bertz CT molecular complexity index is 1340. The van der Waals surface area contributed by atoms with E-state index in [4.69, 9.17) is 9.47 Å². The molecule has 4 N–H and O–H groups in total.